The van der Waals surface area contributed by atoms with Crippen LogP contribution in [-0.2, 0) is 14.8 Å². The lowest BCUT2D eigenvalue weighted by molar-refractivity contribution is -0.771. The van der Waals surface area contributed by atoms with Gasteiger partial charge in [0, 0.05) is 0 Å². The predicted molar refractivity (Wildman–Crippen MR) is 55.2 cm³/mol. The highest BCUT2D eigenvalue weighted by molar-refractivity contribution is 5.79. The van der Waals surface area contributed by atoms with Crippen molar-refractivity contribution in [2.24, 2.45) is 11.7 Å². The van der Waals surface area contributed by atoms with Crippen LogP contribution in [-0.4, -0.2) is 33.2 Å². The summed E-state index contributed by atoms with van der Waals surface area (Å²) < 4.78 is 0. The Labute approximate surface area is 98.4 Å². The molecule has 1 radical (unpaired) electrons. The minimum atomic E-state index is -1.20. The lowest BCUT2D eigenvalue weighted by Gasteiger charge is -2.32. The van der Waals surface area contributed by atoms with E-state index in [0.717, 1.165) is 0 Å². The third kappa shape index (κ3) is 1.93. The number of nitrogens with zero attached hydrogens (tertiary/aromatic N) is 2. The summed E-state index contributed by atoms with van der Waals surface area (Å²) in [5, 5.41) is 22.1. The molecule has 8 heteroatoms. The third-order valence-electron chi connectivity index (χ3n) is 3.31. The van der Waals surface area contributed by atoms with Crippen LogP contribution in [0, 0.1) is 16.0 Å². The Morgan fingerprint density at radius 3 is 2.18 bits per heavy atom. The van der Waals surface area contributed by atoms with Crippen molar-refractivity contribution in [2.75, 3.05) is 0 Å². The quantitative estimate of drug-likeness (QED) is 0.550. The summed E-state index contributed by atoms with van der Waals surface area (Å²) in [6, 6.07) is 0. The van der Waals surface area contributed by atoms with E-state index in [1.54, 1.807) is 0 Å². The molecule has 1 rings (SSSR count). The first kappa shape index (κ1) is 13.7. The number of amides is 1. The van der Waals surface area contributed by atoms with E-state index in [1.165, 1.54) is 27.7 Å². The summed E-state index contributed by atoms with van der Waals surface area (Å²) in [4.78, 5) is 26.3. The molecule has 0 saturated carbocycles. The number of rotatable bonds is 3. The van der Waals surface area contributed by atoms with Gasteiger partial charge in [0.1, 0.15) is 6.10 Å². The molecular weight excluding hydrogens is 230 g/mol. The molecule has 2 unspecified atom stereocenters. The zero-order chi connectivity index (χ0) is 13.6. The number of primary amides is 1. The second kappa shape index (κ2) is 3.81. The van der Waals surface area contributed by atoms with E-state index in [4.69, 9.17) is 5.73 Å². The Hall–Kier alpha value is -1.41. The number of hydrogen-bond acceptors (Lipinski definition) is 5. The fraction of sp³-hybridized carbons (Fsp3) is 0.889. The summed E-state index contributed by atoms with van der Waals surface area (Å²) in [6.07, 6.45) is -1.18. The van der Waals surface area contributed by atoms with Gasteiger partial charge in [-0.05, 0) is 27.7 Å². The number of hydroxylamine groups is 2. The molecule has 1 fully saturated rings. The van der Waals surface area contributed by atoms with Crippen molar-refractivity contribution in [3.05, 3.63) is 10.1 Å². The predicted octanol–water partition coefficient (Wildman–Crippen LogP) is -0.117. The molecule has 1 heterocycles. The molecule has 8 nitrogen and oxygen atoms in total. The van der Waals surface area contributed by atoms with Crippen LogP contribution in [0.2, 0.25) is 0 Å². The van der Waals surface area contributed by atoms with Gasteiger partial charge in [-0.15, -0.1) is 20.4 Å². The topological polar surface area (TPSA) is 119 Å². The maximum absolute atomic E-state index is 12.1. The maximum atomic E-state index is 12.1. The fourth-order valence-electron chi connectivity index (χ4n) is 2.54. The zero-order valence-corrected chi connectivity index (χ0v) is 10.2. The number of carbonyl (C=O) groups excluding carboxylic acids is 1. The highest BCUT2D eigenvalue weighted by Crippen LogP contribution is 2.45. The van der Waals surface area contributed by atoms with E-state index >= 15 is 0 Å². The molecule has 97 valence electrons. The Morgan fingerprint density at radius 1 is 1.35 bits per heavy atom. The van der Waals surface area contributed by atoms with Crippen LogP contribution < -0.4 is 5.73 Å². The standard InChI is InChI=1S/C9H16N3O5/c1-8(2)5(7(10)13)6(17-12(15)16)9(3,4)11(8)14/h5-6H,1-4H3,(H2,10,13). The van der Waals surface area contributed by atoms with E-state index in [1.807, 2.05) is 0 Å². The Kier molecular flexibility index (Phi) is 3.06. The molecule has 0 aromatic carbocycles. The number of hydrogen-bond donors (Lipinski definition) is 1. The van der Waals surface area contributed by atoms with Crippen molar-refractivity contribution >= 4 is 5.91 Å². The van der Waals surface area contributed by atoms with Crippen molar-refractivity contribution in [2.45, 2.75) is 44.9 Å². The van der Waals surface area contributed by atoms with Gasteiger partial charge in [0.2, 0.25) is 5.91 Å². The largest absolute Gasteiger partial charge is 0.369 e. The van der Waals surface area contributed by atoms with Gasteiger partial charge < -0.3 is 10.6 Å². The number of nitrogens with two attached hydrogens (primary N) is 1. The second-order valence-corrected chi connectivity index (χ2v) is 5.23. The van der Waals surface area contributed by atoms with Crippen LogP contribution in [0.15, 0.2) is 0 Å². The monoisotopic (exact) mass is 246 g/mol. The molecule has 1 saturated heterocycles. The van der Waals surface area contributed by atoms with E-state index in [9.17, 15) is 20.1 Å². The number of carbonyl (C=O) groups is 1. The van der Waals surface area contributed by atoms with Crippen LogP contribution in [0.4, 0.5) is 0 Å². The van der Waals surface area contributed by atoms with Gasteiger partial charge in [0.05, 0.1) is 17.0 Å². The first-order chi connectivity index (χ1) is 7.52. The molecule has 0 aromatic heterocycles. The minimum Gasteiger partial charge on any atom is -0.369 e. The minimum absolute atomic E-state index is 0.642. The van der Waals surface area contributed by atoms with Crippen molar-refractivity contribution in [3.8, 4) is 0 Å². The average molecular weight is 246 g/mol. The van der Waals surface area contributed by atoms with Gasteiger partial charge in [0.15, 0.2) is 0 Å². The third-order valence-corrected chi connectivity index (χ3v) is 3.31. The molecule has 1 amide bonds. The van der Waals surface area contributed by atoms with Gasteiger partial charge in [-0.25, -0.2) is 0 Å². The highest BCUT2D eigenvalue weighted by Gasteiger charge is 2.63. The van der Waals surface area contributed by atoms with Crippen molar-refractivity contribution in [1.29, 1.82) is 0 Å². The van der Waals surface area contributed by atoms with Crippen LogP contribution in [0.3, 0.4) is 0 Å². The zero-order valence-electron chi connectivity index (χ0n) is 10.2. The molecule has 0 spiro atoms. The molecular formula is C9H16N3O5. The van der Waals surface area contributed by atoms with Gasteiger partial charge in [0.25, 0.3) is 5.09 Å². The summed E-state index contributed by atoms with van der Waals surface area (Å²) in [6.45, 7) is 6.00. The molecule has 0 bridgehead atoms. The molecule has 1 aliphatic heterocycles. The molecule has 2 N–H and O–H groups in total. The average Bonchev–Trinajstić information content (AvgIpc) is 2.24. The van der Waals surface area contributed by atoms with Crippen LogP contribution >= 0.6 is 0 Å². The van der Waals surface area contributed by atoms with E-state index < -0.39 is 34.1 Å². The maximum Gasteiger partial charge on any atom is 0.294 e. The first-order valence-corrected chi connectivity index (χ1v) is 5.11. The normalized spacial score (nSPS) is 31.1. The van der Waals surface area contributed by atoms with Gasteiger partial charge in [-0.2, -0.15) is 0 Å². The van der Waals surface area contributed by atoms with Crippen LogP contribution in [0.5, 0.6) is 0 Å². The molecule has 0 aromatic rings. The van der Waals surface area contributed by atoms with Crippen LogP contribution in [0.25, 0.3) is 0 Å². The van der Waals surface area contributed by atoms with Crippen molar-refractivity contribution in [1.82, 2.24) is 5.06 Å². The van der Waals surface area contributed by atoms with Crippen LogP contribution in [0.1, 0.15) is 27.7 Å². The Bertz CT molecular complexity index is 355. The highest BCUT2D eigenvalue weighted by atomic mass is 17.0. The summed E-state index contributed by atoms with van der Waals surface area (Å²) in [5.41, 5.74) is 2.87. The molecule has 2 atom stereocenters. The van der Waals surface area contributed by atoms with E-state index in [2.05, 4.69) is 4.84 Å². The van der Waals surface area contributed by atoms with Gasteiger partial charge in [-0.3, -0.25) is 4.79 Å². The lowest BCUT2D eigenvalue weighted by Crippen LogP contribution is -2.48. The fourth-order valence-corrected chi connectivity index (χ4v) is 2.54. The summed E-state index contributed by atoms with van der Waals surface area (Å²) in [7, 11) is 0. The van der Waals surface area contributed by atoms with Crippen molar-refractivity contribution in [3.63, 3.8) is 0 Å². The Morgan fingerprint density at radius 2 is 1.82 bits per heavy atom. The first-order valence-electron chi connectivity index (χ1n) is 5.11. The van der Waals surface area contributed by atoms with E-state index in [-0.39, 0.29) is 0 Å². The van der Waals surface area contributed by atoms with Crippen molar-refractivity contribution < 1.29 is 19.9 Å². The molecule has 0 aliphatic carbocycles. The second-order valence-electron chi connectivity index (χ2n) is 5.23. The lowest BCUT2D eigenvalue weighted by atomic mass is 9.84. The summed E-state index contributed by atoms with van der Waals surface area (Å²) in [5.74, 6) is -1.83. The molecule has 1 aliphatic rings. The summed E-state index contributed by atoms with van der Waals surface area (Å²) >= 11 is 0. The smallest absolute Gasteiger partial charge is 0.294 e. The SMILES string of the molecule is CC1(C)C(O[N+](=O)[O-])C(C(N)=O)C(C)(C)N1[O]. The van der Waals surface area contributed by atoms with Gasteiger partial charge in [-0.1, -0.05) is 0 Å². The molecule has 17 heavy (non-hydrogen) atoms. The van der Waals surface area contributed by atoms with Gasteiger partial charge >= 0.3 is 0 Å². The van der Waals surface area contributed by atoms with E-state index in [0.29, 0.717) is 5.06 Å². The Balaban J connectivity index is 3.22.